The van der Waals surface area contributed by atoms with E-state index in [1.807, 2.05) is 37.4 Å². The van der Waals surface area contributed by atoms with E-state index in [0.717, 1.165) is 24.3 Å². The molecule has 0 aliphatic heterocycles. The first-order chi connectivity index (χ1) is 10.4. The molecule has 0 radical (unpaired) electrons. The molecular weight excluding hydrogens is 262 g/mol. The largest absolute Gasteiger partial charge is 0.490 e. The van der Waals surface area contributed by atoms with Crippen LogP contribution in [-0.2, 0) is 6.42 Å². The summed E-state index contributed by atoms with van der Waals surface area (Å²) in [6.45, 7) is 1.12. The van der Waals surface area contributed by atoms with Gasteiger partial charge in [0.05, 0.1) is 0 Å². The van der Waals surface area contributed by atoms with Crippen LogP contribution < -0.4 is 14.8 Å². The molecule has 1 unspecified atom stereocenters. The minimum Gasteiger partial charge on any atom is -0.490 e. The van der Waals surface area contributed by atoms with E-state index < -0.39 is 0 Å². The van der Waals surface area contributed by atoms with E-state index in [2.05, 4.69) is 23.5 Å². The van der Waals surface area contributed by atoms with Crippen LogP contribution in [0.15, 0.2) is 48.5 Å². The smallest absolute Gasteiger partial charge is 0.123 e. The lowest BCUT2D eigenvalue weighted by molar-refractivity contribution is 0.216. The number of hydrogen-bond acceptors (Lipinski definition) is 3. The maximum absolute atomic E-state index is 5.91. The quantitative estimate of drug-likeness (QED) is 0.825. The first-order valence-electron chi connectivity index (χ1n) is 7.48. The van der Waals surface area contributed by atoms with Gasteiger partial charge in [0.1, 0.15) is 24.7 Å². The van der Waals surface area contributed by atoms with Crippen LogP contribution in [0, 0.1) is 0 Å². The van der Waals surface area contributed by atoms with Crippen LogP contribution in [-0.4, -0.2) is 20.3 Å². The topological polar surface area (TPSA) is 30.5 Å². The third kappa shape index (κ3) is 3.19. The van der Waals surface area contributed by atoms with Crippen LogP contribution in [0.4, 0.5) is 0 Å². The molecule has 0 spiro atoms. The van der Waals surface area contributed by atoms with E-state index in [1.54, 1.807) is 0 Å². The van der Waals surface area contributed by atoms with Crippen molar-refractivity contribution in [2.75, 3.05) is 20.3 Å². The van der Waals surface area contributed by atoms with Crippen molar-refractivity contribution in [2.45, 2.75) is 18.9 Å². The van der Waals surface area contributed by atoms with E-state index in [1.165, 1.54) is 11.1 Å². The number of hydrogen-bond donors (Lipinski definition) is 1. The van der Waals surface area contributed by atoms with Gasteiger partial charge in [-0.25, -0.2) is 0 Å². The van der Waals surface area contributed by atoms with Gasteiger partial charge in [-0.15, -0.1) is 0 Å². The Labute approximate surface area is 125 Å². The predicted molar refractivity (Wildman–Crippen MR) is 84.0 cm³/mol. The minimum atomic E-state index is 0.462. The summed E-state index contributed by atoms with van der Waals surface area (Å²) in [5.41, 5.74) is 2.72. The molecule has 0 saturated heterocycles. The molecule has 0 amide bonds. The molecule has 1 aliphatic carbocycles. The van der Waals surface area contributed by atoms with Crippen LogP contribution >= 0.6 is 0 Å². The molecule has 0 fully saturated rings. The standard InChI is InChI=1S/C18H21NO2/c1-19-17-11-10-16-15(17)8-5-9-18(16)21-13-12-20-14-6-3-2-4-7-14/h2-9,17,19H,10-13H2,1H3. The predicted octanol–water partition coefficient (Wildman–Crippen LogP) is 3.35. The summed E-state index contributed by atoms with van der Waals surface area (Å²) in [5, 5.41) is 3.36. The van der Waals surface area contributed by atoms with Crippen LogP contribution in [0.5, 0.6) is 11.5 Å². The fourth-order valence-electron chi connectivity index (χ4n) is 2.88. The van der Waals surface area contributed by atoms with E-state index in [-0.39, 0.29) is 0 Å². The van der Waals surface area contributed by atoms with Gasteiger partial charge in [0.15, 0.2) is 0 Å². The highest BCUT2D eigenvalue weighted by atomic mass is 16.5. The Bertz CT molecular complexity index is 583. The van der Waals surface area contributed by atoms with Crippen molar-refractivity contribution in [3.05, 3.63) is 59.7 Å². The summed E-state index contributed by atoms with van der Waals surface area (Å²) in [4.78, 5) is 0. The molecule has 0 aromatic heterocycles. The minimum absolute atomic E-state index is 0.462. The molecule has 0 bridgehead atoms. The maximum atomic E-state index is 5.91. The average molecular weight is 283 g/mol. The molecule has 0 saturated carbocycles. The van der Waals surface area contributed by atoms with Crippen molar-refractivity contribution in [3.8, 4) is 11.5 Å². The molecule has 3 rings (SSSR count). The molecule has 110 valence electrons. The zero-order chi connectivity index (χ0) is 14.5. The van der Waals surface area contributed by atoms with Crippen LogP contribution in [0.1, 0.15) is 23.6 Å². The number of nitrogens with one attached hydrogen (secondary N) is 1. The van der Waals surface area contributed by atoms with E-state index in [4.69, 9.17) is 9.47 Å². The van der Waals surface area contributed by atoms with Crippen molar-refractivity contribution in [1.82, 2.24) is 5.32 Å². The molecule has 0 heterocycles. The normalized spacial score (nSPS) is 16.5. The Morgan fingerprint density at radius 1 is 1.00 bits per heavy atom. The van der Waals surface area contributed by atoms with Gasteiger partial charge in [0.2, 0.25) is 0 Å². The van der Waals surface area contributed by atoms with Crippen molar-refractivity contribution < 1.29 is 9.47 Å². The van der Waals surface area contributed by atoms with E-state index in [9.17, 15) is 0 Å². The fraction of sp³-hybridized carbons (Fsp3) is 0.333. The highest BCUT2D eigenvalue weighted by molar-refractivity contribution is 5.45. The van der Waals surface area contributed by atoms with Crippen molar-refractivity contribution in [2.24, 2.45) is 0 Å². The Morgan fingerprint density at radius 3 is 2.62 bits per heavy atom. The van der Waals surface area contributed by atoms with Crippen molar-refractivity contribution in [1.29, 1.82) is 0 Å². The second-order valence-corrected chi connectivity index (χ2v) is 5.21. The molecule has 1 aliphatic rings. The average Bonchev–Trinajstić information content (AvgIpc) is 2.96. The second-order valence-electron chi connectivity index (χ2n) is 5.21. The third-order valence-electron chi connectivity index (χ3n) is 3.93. The van der Waals surface area contributed by atoms with Crippen molar-refractivity contribution >= 4 is 0 Å². The van der Waals surface area contributed by atoms with E-state index >= 15 is 0 Å². The molecule has 1 N–H and O–H groups in total. The number of rotatable bonds is 6. The summed E-state index contributed by atoms with van der Waals surface area (Å²) in [5.74, 6) is 1.89. The Kier molecular flexibility index (Phi) is 4.41. The molecule has 1 atom stereocenters. The van der Waals surface area contributed by atoms with Gasteiger partial charge >= 0.3 is 0 Å². The molecule has 21 heavy (non-hydrogen) atoms. The van der Waals surface area contributed by atoms with Gasteiger partial charge < -0.3 is 14.8 Å². The van der Waals surface area contributed by atoms with Crippen molar-refractivity contribution in [3.63, 3.8) is 0 Å². The fourth-order valence-corrected chi connectivity index (χ4v) is 2.88. The Morgan fingerprint density at radius 2 is 1.81 bits per heavy atom. The third-order valence-corrected chi connectivity index (χ3v) is 3.93. The summed E-state index contributed by atoms with van der Waals surface area (Å²) in [6, 6.07) is 16.6. The summed E-state index contributed by atoms with van der Waals surface area (Å²) in [7, 11) is 2.01. The number of fused-ring (bicyclic) bond motifs is 1. The molecule has 3 nitrogen and oxygen atoms in total. The van der Waals surface area contributed by atoms with E-state index in [0.29, 0.717) is 19.3 Å². The number of para-hydroxylation sites is 1. The highest BCUT2D eigenvalue weighted by Crippen LogP contribution is 2.36. The first kappa shape index (κ1) is 14.0. The second kappa shape index (κ2) is 6.64. The highest BCUT2D eigenvalue weighted by Gasteiger charge is 2.23. The monoisotopic (exact) mass is 283 g/mol. The lowest BCUT2D eigenvalue weighted by Crippen LogP contribution is -2.13. The Hall–Kier alpha value is -2.00. The van der Waals surface area contributed by atoms with Gasteiger partial charge in [0.25, 0.3) is 0 Å². The number of ether oxygens (including phenoxy) is 2. The van der Waals surface area contributed by atoms with Crippen LogP contribution in [0.3, 0.4) is 0 Å². The first-order valence-corrected chi connectivity index (χ1v) is 7.48. The van der Waals surface area contributed by atoms with Gasteiger partial charge in [-0.3, -0.25) is 0 Å². The lowest BCUT2D eigenvalue weighted by atomic mass is 10.1. The lowest BCUT2D eigenvalue weighted by Gasteiger charge is -2.13. The molecule has 3 heteroatoms. The molecular formula is C18H21NO2. The number of benzene rings is 2. The summed E-state index contributed by atoms with van der Waals surface area (Å²) in [6.07, 6.45) is 2.23. The summed E-state index contributed by atoms with van der Waals surface area (Å²) >= 11 is 0. The van der Waals surface area contributed by atoms with Gasteiger partial charge in [-0.1, -0.05) is 30.3 Å². The van der Waals surface area contributed by atoms with Gasteiger partial charge in [-0.2, -0.15) is 0 Å². The maximum Gasteiger partial charge on any atom is 0.123 e. The summed E-state index contributed by atoms with van der Waals surface area (Å²) < 4.78 is 11.6. The zero-order valence-corrected chi connectivity index (χ0v) is 12.3. The van der Waals surface area contributed by atoms with Crippen LogP contribution in [0.2, 0.25) is 0 Å². The zero-order valence-electron chi connectivity index (χ0n) is 12.3. The van der Waals surface area contributed by atoms with Gasteiger partial charge in [0, 0.05) is 6.04 Å². The molecule has 2 aromatic carbocycles. The van der Waals surface area contributed by atoms with Crippen LogP contribution in [0.25, 0.3) is 0 Å². The molecule has 2 aromatic rings. The SMILES string of the molecule is CNC1CCc2c(OCCOc3ccccc3)cccc21. The van der Waals surface area contributed by atoms with Gasteiger partial charge in [-0.05, 0) is 49.2 Å². The Balaban J connectivity index is 1.56.